The summed E-state index contributed by atoms with van der Waals surface area (Å²) >= 11 is 0. The summed E-state index contributed by atoms with van der Waals surface area (Å²) in [5.74, 6) is 2.67. The lowest BCUT2D eigenvalue weighted by Crippen LogP contribution is -2.28. The van der Waals surface area contributed by atoms with Crippen molar-refractivity contribution in [3.8, 4) is 0 Å². The van der Waals surface area contributed by atoms with Gasteiger partial charge in [-0.05, 0) is 43.6 Å². The van der Waals surface area contributed by atoms with Gasteiger partial charge in [0, 0.05) is 13.2 Å². The van der Waals surface area contributed by atoms with Gasteiger partial charge in [0.1, 0.15) is 0 Å². The number of hydrogen-bond donors (Lipinski definition) is 1. The zero-order valence-corrected chi connectivity index (χ0v) is 10.5. The zero-order valence-electron chi connectivity index (χ0n) is 10.5. The van der Waals surface area contributed by atoms with Gasteiger partial charge in [0.25, 0.3) is 0 Å². The van der Waals surface area contributed by atoms with Gasteiger partial charge in [0.05, 0.1) is 6.61 Å². The summed E-state index contributed by atoms with van der Waals surface area (Å²) in [5.41, 5.74) is 0. The van der Waals surface area contributed by atoms with Crippen LogP contribution in [0.2, 0.25) is 0 Å². The van der Waals surface area contributed by atoms with Gasteiger partial charge in [-0.1, -0.05) is 25.5 Å². The number of hydrogen-bond acceptors (Lipinski definition) is 2. The van der Waals surface area contributed by atoms with Gasteiger partial charge in [-0.15, -0.1) is 0 Å². The molecule has 0 spiro atoms. The van der Waals surface area contributed by atoms with Crippen LogP contribution in [0.5, 0.6) is 0 Å². The van der Waals surface area contributed by atoms with Gasteiger partial charge in [-0.3, -0.25) is 0 Å². The monoisotopic (exact) mass is 223 g/mol. The molecule has 2 rings (SSSR count). The Morgan fingerprint density at radius 1 is 1.25 bits per heavy atom. The Hall–Kier alpha value is -0.340. The number of ether oxygens (including phenoxy) is 1. The average Bonchev–Trinajstić information content (AvgIpc) is 2.90. The van der Waals surface area contributed by atoms with Crippen LogP contribution in [-0.2, 0) is 4.74 Å². The number of unbranched alkanes of at least 4 members (excludes halogenated alkanes) is 1. The zero-order chi connectivity index (χ0) is 11.2. The van der Waals surface area contributed by atoms with E-state index in [1.165, 1.54) is 32.2 Å². The molecule has 2 heteroatoms. The highest BCUT2D eigenvalue weighted by Crippen LogP contribution is 2.42. The Morgan fingerprint density at radius 2 is 2.19 bits per heavy atom. The normalized spacial score (nSPS) is 31.4. The first-order valence-electron chi connectivity index (χ1n) is 6.87. The van der Waals surface area contributed by atoms with Crippen molar-refractivity contribution in [1.82, 2.24) is 5.32 Å². The first-order valence-corrected chi connectivity index (χ1v) is 6.87. The van der Waals surface area contributed by atoms with Crippen LogP contribution in [-0.4, -0.2) is 26.3 Å². The number of allylic oxidation sites excluding steroid dienone is 2. The topological polar surface area (TPSA) is 21.3 Å². The predicted molar refractivity (Wildman–Crippen MR) is 67.4 cm³/mol. The molecular weight excluding hydrogens is 198 g/mol. The maximum Gasteiger partial charge on any atom is 0.0590 e. The van der Waals surface area contributed by atoms with Gasteiger partial charge >= 0.3 is 0 Å². The van der Waals surface area contributed by atoms with Crippen molar-refractivity contribution in [1.29, 1.82) is 0 Å². The minimum atomic E-state index is 0.872. The second-order valence-electron chi connectivity index (χ2n) is 5.21. The molecule has 2 bridgehead atoms. The summed E-state index contributed by atoms with van der Waals surface area (Å²) in [5, 5.41) is 3.53. The van der Waals surface area contributed by atoms with Gasteiger partial charge in [0.15, 0.2) is 0 Å². The van der Waals surface area contributed by atoms with Gasteiger partial charge in [-0.25, -0.2) is 0 Å². The third kappa shape index (κ3) is 3.33. The molecule has 0 aromatic carbocycles. The lowest BCUT2D eigenvalue weighted by atomic mass is 9.94. The quantitative estimate of drug-likeness (QED) is 0.504. The summed E-state index contributed by atoms with van der Waals surface area (Å²) in [6, 6.07) is 0. The van der Waals surface area contributed by atoms with Crippen LogP contribution in [0.3, 0.4) is 0 Å². The highest BCUT2D eigenvalue weighted by atomic mass is 16.5. The van der Waals surface area contributed by atoms with Crippen LogP contribution in [0.25, 0.3) is 0 Å². The molecule has 2 aliphatic carbocycles. The van der Waals surface area contributed by atoms with Crippen LogP contribution in [0.15, 0.2) is 12.2 Å². The van der Waals surface area contributed by atoms with Crippen molar-refractivity contribution < 1.29 is 4.74 Å². The Balaban J connectivity index is 1.45. The largest absolute Gasteiger partial charge is 0.380 e. The molecule has 0 aliphatic heterocycles. The molecule has 0 saturated heterocycles. The third-order valence-corrected chi connectivity index (χ3v) is 3.89. The minimum absolute atomic E-state index is 0.872. The molecular formula is C14H25NO. The standard InChI is InChI=1S/C14H25NO/c1-2-3-7-16-8-6-15-11-14-10-12-4-5-13(14)9-12/h4-5,12-15H,2-3,6-11H2,1H3. The molecule has 16 heavy (non-hydrogen) atoms. The Morgan fingerprint density at radius 3 is 2.88 bits per heavy atom. The molecule has 0 radical (unpaired) electrons. The summed E-state index contributed by atoms with van der Waals surface area (Å²) in [7, 11) is 0. The second kappa shape index (κ2) is 6.41. The van der Waals surface area contributed by atoms with Gasteiger partial charge in [0.2, 0.25) is 0 Å². The van der Waals surface area contributed by atoms with Crippen LogP contribution in [0.4, 0.5) is 0 Å². The Labute approximate surface area is 99.4 Å². The molecule has 92 valence electrons. The van der Waals surface area contributed by atoms with Crippen molar-refractivity contribution in [2.24, 2.45) is 17.8 Å². The summed E-state index contributed by atoms with van der Waals surface area (Å²) in [4.78, 5) is 0. The van der Waals surface area contributed by atoms with Crippen molar-refractivity contribution in [2.75, 3.05) is 26.3 Å². The summed E-state index contributed by atoms with van der Waals surface area (Å²) in [6.07, 6.45) is 10.1. The van der Waals surface area contributed by atoms with Crippen LogP contribution in [0, 0.1) is 17.8 Å². The summed E-state index contributed by atoms with van der Waals surface area (Å²) in [6.45, 7) is 6.19. The van der Waals surface area contributed by atoms with E-state index in [1.807, 2.05) is 0 Å². The van der Waals surface area contributed by atoms with E-state index >= 15 is 0 Å². The van der Waals surface area contributed by atoms with Crippen molar-refractivity contribution >= 4 is 0 Å². The first kappa shape index (κ1) is 12.1. The molecule has 2 nitrogen and oxygen atoms in total. The molecule has 0 amide bonds. The van der Waals surface area contributed by atoms with Crippen molar-refractivity contribution in [2.45, 2.75) is 32.6 Å². The van der Waals surface area contributed by atoms with E-state index in [4.69, 9.17) is 4.74 Å². The maximum atomic E-state index is 5.52. The maximum absolute atomic E-state index is 5.52. The van der Waals surface area contributed by atoms with E-state index in [0.29, 0.717) is 0 Å². The number of rotatable bonds is 8. The molecule has 1 N–H and O–H groups in total. The molecule has 0 aromatic heterocycles. The summed E-state index contributed by atoms with van der Waals surface area (Å²) < 4.78 is 5.52. The fraction of sp³-hybridized carbons (Fsp3) is 0.857. The third-order valence-electron chi connectivity index (χ3n) is 3.89. The highest BCUT2D eigenvalue weighted by molar-refractivity contribution is 5.10. The molecule has 0 aromatic rings. The molecule has 2 aliphatic rings. The predicted octanol–water partition coefficient (Wildman–Crippen LogP) is 2.60. The highest BCUT2D eigenvalue weighted by Gasteiger charge is 2.34. The number of nitrogens with one attached hydrogen (secondary N) is 1. The van der Waals surface area contributed by atoms with E-state index in [2.05, 4.69) is 24.4 Å². The minimum Gasteiger partial charge on any atom is -0.380 e. The van der Waals surface area contributed by atoms with Gasteiger partial charge < -0.3 is 10.1 Å². The molecule has 0 heterocycles. The van der Waals surface area contributed by atoms with E-state index in [1.54, 1.807) is 0 Å². The van der Waals surface area contributed by atoms with E-state index in [-0.39, 0.29) is 0 Å². The molecule has 3 atom stereocenters. The smallest absolute Gasteiger partial charge is 0.0590 e. The lowest BCUT2D eigenvalue weighted by molar-refractivity contribution is 0.132. The van der Waals surface area contributed by atoms with E-state index < -0.39 is 0 Å². The molecule has 3 unspecified atom stereocenters. The second-order valence-corrected chi connectivity index (χ2v) is 5.21. The fourth-order valence-electron chi connectivity index (χ4n) is 2.91. The van der Waals surface area contributed by atoms with Crippen LogP contribution in [0.1, 0.15) is 32.6 Å². The van der Waals surface area contributed by atoms with Crippen molar-refractivity contribution in [3.63, 3.8) is 0 Å². The Bertz CT molecular complexity index is 227. The Kier molecular flexibility index (Phi) is 4.86. The molecule has 1 saturated carbocycles. The molecule has 1 fully saturated rings. The van der Waals surface area contributed by atoms with Crippen LogP contribution < -0.4 is 5.32 Å². The number of fused-ring (bicyclic) bond motifs is 2. The average molecular weight is 223 g/mol. The lowest BCUT2D eigenvalue weighted by Gasteiger charge is -2.18. The van der Waals surface area contributed by atoms with E-state index in [9.17, 15) is 0 Å². The SMILES string of the molecule is CCCCOCCNCC1CC2C=CC1C2. The fourth-order valence-corrected chi connectivity index (χ4v) is 2.91. The van der Waals surface area contributed by atoms with Crippen molar-refractivity contribution in [3.05, 3.63) is 12.2 Å². The van der Waals surface area contributed by atoms with Crippen LogP contribution >= 0.6 is 0 Å². The van der Waals surface area contributed by atoms with E-state index in [0.717, 1.165) is 37.5 Å². The van der Waals surface area contributed by atoms with Gasteiger partial charge in [-0.2, -0.15) is 0 Å². The first-order chi connectivity index (χ1) is 7.90.